The summed E-state index contributed by atoms with van der Waals surface area (Å²) in [6.45, 7) is 2.13. The molecule has 0 saturated heterocycles. The number of rotatable bonds is 4. The highest BCUT2D eigenvalue weighted by molar-refractivity contribution is 9.10. The predicted octanol–water partition coefficient (Wildman–Crippen LogP) is 2.68. The van der Waals surface area contributed by atoms with E-state index in [1.165, 1.54) is 12.1 Å². The molecule has 0 saturated carbocycles. The highest BCUT2D eigenvalue weighted by Crippen LogP contribution is 2.21. The third-order valence-corrected chi connectivity index (χ3v) is 2.67. The molecule has 0 bridgehead atoms. The highest BCUT2D eigenvalue weighted by atomic mass is 79.9. The van der Waals surface area contributed by atoms with E-state index in [0.29, 0.717) is 17.4 Å². The lowest BCUT2D eigenvalue weighted by Crippen LogP contribution is -2.30. The summed E-state index contributed by atoms with van der Waals surface area (Å²) in [5, 5.41) is 14.1. The minimum absolute atomic E-state index is 0.0258. The number of urea groups is 1. The molecular formula is C13H13BrN2O3. The Morgan fingerprint density at radius 1 is 1.42 bits per heavy atom. The first-order valence-corrected chi connectivity index (χ1v) is 6.31. The van der Waals surface area contributed by atoms with Gasteiger partial charge in [0.15, 0.2) is 0 Å². The van der Waals surface area contributed by atoms with Gasteiger partial charge in [0.05, 0.1) is 11.3 Å². The molecule has 0 aliphatic carbocycles. The van der Waals surface area contributed by atoms with E-state index in [9.17, 15) is 9.59 Å². The number of nitrogens with one attached hydrogen (secondary N) is 2. The molecule has 0 aliphatic rings. The Bertz CT molecular complexity index is 547. The average molecular weight is 325 g/mol. The van der Waals surface area contributed by atoms with E-state index in [1.54, 1.807) is 13.0 Å². The van der Waals surface area contributed by atoms with Crippen LogP contribution in [0.2, 0.25) is 0 Å². The summed E-state index contributed by atoms with van der Waals surface area (Å²) in [7, 11) is 0. The van der Waals surface area contributed by atoms with Crippen LogP contribution in [0.15, 0.2) is 22.7 Å². The van der Waals surface area contributed by atoms with Crippen LogP contribution in [-0.2, 0) is 0 Å². The lowest BCUT2D eigenvalue weighted by atomic mass is 10.2. The number of carboxylic acid groups (broad SMARTS) is 1. The summed E-state index contributed by atoms with van der Waals surface area (Å²) < 4.78 is 0.633. The van der Waals surface area contributed by atoms with Gasteiger partial charge in [0.25, 0.3) is 0 Å². The largest absolute Gasteiger partial charge is 0.478 e. The molecule has 0 radical (unpaired) electrons. The van der Waals surface area contributed by atoms with Crippen molar-refractivity contribution in [3.8, 4) is 11.8 Å². The second kappa shape index (κ2) is 7.44. The van der Waals surface area contributed by atoms with Gasteiger partial charge in [0.2, 0.25) is 0 Å². The van der Waals surface area contributed by atoms with Crippen molar-refractivity contribution < 1.29 is 14.7 Å². The van der Waals surface area contributed by atoms with Crippen molar-refractivity contribution in [2.45, 2.75) is 13.3 Å². The topological polar surface area (TPSA) is 78.4 Å². The van der Waals surface area contributed by atoms with Crippen LogP contribution < -0.4 is 10.6 Å². The van der Waals surface area contributed by atoms with Crippen molar-refractivity contribution in [1.29, 1.82) is 0 Å². The number of anilines is 1. The standard InChI is InChI=1S/C13H13BrN2O3/c1-2-3-4-7-15-13(19)16-11-6-5-9(14)8-10(11)12(17)18/h5-6,8H,4,7H2,1H3,(H,17,18)(H2,15,16,19). The van der Waals surface area contributed by atoms with Gasteiger partial charge in [-0.05, 0) is 25.1 Å². The zero-order chi connectivity index (χ0) is 14.3. The van der Waals surface area contributed by atoms with Crippen LogP contribution in [0.25, 0.3) is 0 Å². The second-order valence-corrected chi connectivity index (χ2v) is 4.47. The van der Waals surface area contributed by atoms with Crippen molar-refractivity contribution in [3.05, 3.63) is 28.2 Å². The maximum Gasteiger partial charge on any atom is 0.337 e. The molecular weight excluding hydrogens is 312 g/mol. The minimum atomic E-state index is -1.10. The Balaban J connectivity index is 2.67. The van der Waals surface area contributed by atoms with E-state index in [0.717, 1.165) is 0 Å². The summed E-state index contributed by atoms with van der Waals surface area (Å²) in [5.41, 5.74) is 0.271. The fourth-order valence-electron chi connectivity index (χ4n) is 1.33. The van der Waals surface area contributed by atoms with E-state index in [1.807, 2.05) is 0 Å². The number of hydrogen-bond acceptors (Lipinski definition) is 2. The molecule has 1 rings (SSSR count). The summed E-state index contributed by atoms with van der Waals surface area (Å²) in [6, 6.07) is 4.16. The van der Waals surface area contributed by atoms with E-state index in [4.69, 9.17) is 5.11 Å². The monoisotopic (exact) mass is 324 g/mol. The lowest BCUT2D eigenvalue weighted by molar-refractivity contribution is 0.0698. The van der Waals surface area contributed by atoms with Gasteiger partial charge in [-0.3, -0.25) is 0 Å². The average Bonchev–Trinajstić information content (AvgIpc) is 2.36. The maximum atomic E-state index is 11.6. The van der Waals surface area contributed by atoms with Gasteiger partial charge in [-0.25, -0.2) is 9.59 Å². The highest BCUT2D eigenvalue weighted by Gasteiger charge is 2.12. The Morgan fingerprint density at radius 2 is 2.16 bits per heavy atom. The van der Waals surface area contributed by atoms with Gasteiger partial charge in [-0.2, -0.15) is 0 Å². The van der Waals surface area contributed by atoms with Crippen LogP contribution in [0, 0.1) is 11.8 Å². The molecule has 3 N–H and O–H groups in total. The molecule has 1 aromatic rings. The van der Waals surface area contributed by atoms with Gasteiger partial charge in [-0.1, -0.05) is 15.9 Å². The van der Waals surface area contributed by atoms with E-state index in [-0.39, 0.29) is 11.3 Å². The van der Waals surface area contributed by atoms with Gasteiger partial charge < -0.3 is 15.7 Å². The van der Waals surface area contributed by atoms with Gasteiger partial charge in [0, 0.05) is 17.4 Å². The van der Waals surface area contributed by atoms with Crippen LogP contribution in [0.5, 0.6) is 0 Å². The molecule has 100 valence electrons. The number of benzene rings is 1. The molecule has 0 fully saturated rings. The number of halogens is 1. The first-order chi connectivity index (χ1) is 9.04. The molecule has 0 heterocycles. The van der Waals surface area contributed by atoms with Crippen LogP contribution in [-0.4, -0.2) is 23.7 Å². The van der Waals surface area contributed by atoms with Crippen molar-refractivity contribution in [2.75, 3.05) is 11.9 Å². The van der Waals surface area contributed by atoms with E-state index >= 15 is 0 Å². The molecule has 1 aromatic carbocycles. The van der Waals surface area contributed by atoms with E-state index < -0.39 is 12.0 Å². The van der Waals surface area contributed by atoms with Crippen molar-refractivity contribution in [3.63, 3.8) is 0 Å². The molecule has 0 aromatic heterocycles. The molecule has 19 heavy (non-hydrogen) atoms. The fraction of sp³-hybridized carbons (Fsp3) is 0.231. The SMILES string of the molecule is CC#CCCNC(=O)Nc1ccc(Br)cc1C(=O)O. The summed E-state index contributed by atoms with van der Waals surface area (Å²) in [5.74, 6) is 4.43. The molecule has 5 nitrogen and oxygen atoms in total. The van der Waals surface area contributed by atoms with Gasteiger partial charge in [0.1, 0.15) is 0 Å². The van der Waals surface area contributed by atoms with E-state index in [2.05, 4.69) is 38.4 Å². The summed E-state index contributed by atoms with van der Waals surface area (Å²) in [6.07, 6.45) is 0.552. The van der Waals surface area contributed by atoms with Crippen LogP contribution in [0.3, 0.4) is 0 Å². The zero-order valence-electron chi connectivity index (χ0n) is 10.3. The van der Waals surface area contributed by atoms with Gasteiger partial charge in [-0.15, -0.1) is 11.8 Å². The predicted molar refractivity (Wildman–Crippen MR) is 76.2 cm³/mol. The van der Waals surface area contributed by atoms with Gasteiger partial charge >= 0.3 is 12.0 Å². The Hall–Kier alpha value is -2.00. The molecule has 0 aliphatic heterocycles. The normalized spacial score (nSPS) is 9.16. The molecule has 2 amide bonds. The van der Waals surface area contributed by atoms with Crippen molar-refractivity contribution in [1.82, 2.24) is 5.32 Å². The summed E-state index contributed by atoms with van der Waals surface area (Å²) >= 11 is 3.18. The first-order valence-electron chi connectivity index (χ1n) is 5.52. The van der Waals surface area contributed by atoms with Crippen LogP contribution in [0.4, 0.5) is 10.5 Å². The number of aromatic carboxylic acids is 1. The number of carbonyl (C=O) groups is 2. The fourth-order valence-corrected chi connectivity index (χ4v) is 1.69. The van der Waals surface area contributed by atoms with Crippen molar-refractivity contribution in [2.24, 2.45) is 0 Å². The third kappa shape index (κ3) is 5.02. The Labute approximate surface area is 119 Å². The molecule has 0 atom stereocenters. The lowest BCUT2D eigenvalue weighted by Gasteiger charge is -2.09. The molecule has 0 unspecified atom stereocenters. The molecule has 6 heteroatoms. The van der Waals surface area contributed by atoms with Crippen LogP contribution in [0.1, 0.15) is 23.7 Å². The quantitative estimate of drug-likeness (QED) is 0.588. The first kappa shape index (κ1) is 15.1. The van der Waals surface area contributed by atoms with Crippen molar-refractivity contribution >= 4 is 33.6 Å². The maximum absolute atomic E-state index is 11.6. The second-order valence-electron chi connectivity index (χ2n) is 3.55. The number of carboxylic acids is 1. The zero-order valence-corrected chi connectivity index (χ0v) is 11.9. The number of hydrogen-bond donors (Lipinski definition) is 3. The number of amides is 2. The molecule has 0 spiro atoms. The third-order valence-electron chi connectivity index (χ3n) is 2.17. The minimum Gasteiger partial charge on any atom is -0.478 e. The smallest absolute Gasteiger partial charge is 0.337 e. The number of carbonyl (C=O) groups excluding carboxylic acids is 1. The summed E-state index contributed by atoms with van der Waals surface area (Å²) in [4.78, 5) is 22.6. The van der Waals surface area contributed by atoms with Crippen LogP contribution >= 0.6 is 15.9 Å². The Morgan fingerprint density at radius 3 is 2.79 bits per heavy atom. The Kier molecular flexibility index (Phi) is 5.90.